The van der Waals surface area contributed by atoms with Gasteiger partial charge in [-0.1, -0.05) is 11.3 Å². The van der Waals surface area contributed by atoms with Crippen LogP contribution in [-0.2, 0) is 0 Å². The molecule has 0 spiro atoms. The van der Waals surface area contributed by atoms with Crippen LogP contribution in [0.3, 0.4) is 0 Å². The number of fused-ring (bicyclic) bond motifs is 1. The molecule has 2 rings (SSSR count). The first kappa shape index (κ1) is 7.45. The molecule has 0 amide bonds. The molecule has 0 atom stereocenters. The SMILES string of the molecule is ONc1nc2ccc(F)cc2s1. The average Bonchev–Trinajstić information content (AvgIpc) is 2.46. The normalized spacial score (nSPS) is 10.5. The molecule has 5 heteroatoms. The zero-order chi connectivity index (χ0) is 8.55. The van der Waals surface area contributed by atoms with E-state index in [1.165, 1.54) is 23.5 Å². The molecular weight excluding hydrogens is 179 g/mol. The third-order valence-corrected chi connectivity index (χ3v) is 2.37. The van der Waals surface area contributed by atoms with Crippen LogP contribution >= 0.6 is 11.3 Å². The second-order valence-corrected chi connectivity index (χ2v) is 3.27. The molecule has 1 aromatic heterocycles. The fourth-order valence-corrected chi connectivity index (χ4v) is 1.73. The minimum atomic E-state index is -0.296. The van der Waals surface area contributed by atoms with Gasteiger partial charge in [0.05, 0.1) is 10.2 Å². The molecule has 0 radical (unpaired) electrons. The standard InChI is InChI=1S/C7H5FN2OS/c8-4-1-2-5-6(3-4)12-7(9-5)10-11/h1-3,11H,(H,9,10). The summed E-state index contributed by atoms with van der Waals surface area (Å²) >= 11 is 1.20. The zero-order valence-corrected chi connectivity index (χ0v) is 6.73. The van der Waals surface area contributed by atoms with Crippen molar-refractivity contribution in [2.24, 2.45) is 0 Å². The Balaban J connectivity index is 2.67. The van der Waals surface area contributed by atoms with Crippen LogP contribution in [0.2, 0.25) is 0 Å². The van der Waals surface area contributed by atoms with Crippen molar-refractivity contribution >= 4 is 26.7 Å². The Morgan fingerprint density at radius 3 is 3.08 bits per heavy atom. The van der Waals surface area contributed by atoms with Gasteiger partial charge < -0.3 is 0 Å². The van der Waals surface area contributed by atoms with E-state index in [9.17, 15) is 4.39 Å². The molecule has 0 aliphatic rings. The minimum absolute atomic E-state index is 0.296. The van der Waals surface area contributed by atoms with Gasteiger partial charge >= 0.3 is 0 Å². The highest BCUT2D eigenvalue weighted by Gasteiger charge is 2.02. The van der Waals surface area contributed by atoms with Crippen LogP contribution in [0.5, 0.6) is 0 Å². The molecular formula is C7H5FN2OS. The molecule has 0 saturated heterocycles. The Morgan fingerprint density at radius 1 is 1.50 bits per heavy atom. The first-order valence-electron chi connectivity index (χ1n) is 3.26. The number of nitrogens with one attached hydrogen (secondary N) is 1. The molecule has 0 aliphatic heterocycles. The van der Waals surface area contributed by atoms with Gasteiger partial charge in [0.25, 0.3) is 0 Å². The molecule has 12 heavy (non-hydrogen) atoms. The van der Waals surface area contributed by atoms with E-state index in [1.54, 1.807) is 6.07 Å². The van der Waals surface area contributed by atoms with Gasteiger partial charge in [-0.15, -0.1) is 0 Å². The van der Waals surface area contributed by atoms with Crippen molar-refractivity contribution in [2.75, 3.05) is 5.48 Å². The van der Waals surface area contributed by atoms with Gasteiger partial charge in [-0.3, -0.25) is 5.21 Å². The quantitative estimate of drug-likeness (QED) is 0.668. The van der Waals surface area contributed by atoms with E-state index in [1.807, 2.05) is 5.48 Å². The number of hydrogen-bond acceptors (Lipinski definition) is 4. The summed E-state index contributed by atoms with van der Waals surface area (Å²) in [5, 5.41) is 8.88. The van der Waals surface area contributed by atoms with Crippen LogP contribution in [0.4, 0.5) is 9.52 Å². The Bertz CT molecular complexity index is 415. The zero-order valence-electron chi connectivity index (χ0n) is 5.91. The van der Waals surface area contributed by atoms with Crippen LogP contribution in [0.25, 0.3) is 10.2 Å². The summed E-state index contributed by atoms with van der Waals surface area (Å²) in [6.07, 6.45) is 0. The lowest BCUT2D eigenvalue weighted by Gasteiger charge is -1.85. The fraction of sp³-hybridized carbons (Fsp3) is 0. The van der Waals surface area contributed by atoms with Crippen LogP contribution < -0.4 is 5.48 Å². The summed E-state index contributed by atoms with van der Waals surface area (Å²) in [6, 6.07) is 4.29. The van der Waals surface area contributed by atoms with Crippen LogP contribution in [0.1, 0.15) is 0 Å². The summed E-state index contributed by atoms with van der Waals surface area (Å²) in [6.45, 7) is 0. The van der Waals surface area contributed by atoms with Crippen molar-refractivity contribution in [3.8, 4) is 0 Å². The van der Waals surface area contributed by atoms with Gasteiger partial charge in [-0.2, -0.15) is 0 Å². The summed E-state index contributed by atoms with van der Waals surface area (Å²) in [4.78, 5) is 3.96. The third kappa shape index (κ3) is 1.13. The van der Waals surface area contributed by atoms with E-state index in [2.05, 4.69) is 4.98 Å². The van der Waals surface area contributed by atoms with Crippen molar-refractivity contribution in [1.29, 1.82) is 0 Å². The smallest absolute Gasteiger partial charge is 0.207 e. The maximum absolute atomic E-state index is 12.6. The van der Waals surface area contributed by atoms with E-state index < -0.39 is 0 Å². The monoisotopic (exact) mass is 184 g/mol. The number of anilines is 1. The molecule has 1 heterocycles. The van der Waals surface area contributed by atoms with Crippen molar-refractivity contribution in [2.45, 2.75) is 0 Å². The predicted molar refractivity (Wildman–Crippen MR) is 45.0 cm³/mol. The summed E-state index contributed by atoms with van der Waals surface area (Å²) < 4.78 is 13.4. The molecule has 2 N–H and O–H groups in total. The van der Waals surface area contributed by atoms with Gasteiger partial charge in [0.2, 0.25) is 5.13 Å². The number of nitrogens with zero attached hydrogens (tertiary/aromatic N) is 1. The molecule has 0 bridgehead atoms. The average molecular weight is 184 g/mol. The number of aromatic nitrogens is 1. The lowest BCUT2D eigenvalue weighted by molar-refractivity contribution is 0.388. The van der Waals surface area contributed by atoms with E-state index in [0.717, 1.165) is 0 Å². The lowest BCUT2D eigenvalue weighted by Crippen LogP contribution is -1.85. The lowest BCUT2D eigenvalue weighted by atomic mass is 10.3. The Hall–Kier alpha value is -1.20. The maximum Gasteiger partial charge on any atom is 0.207 e. The van der Waals surface area contributed by atoms with Crippen molar-refractivity contribution in [1.82, 2.24) is 4.98 Å². The van der Waals surface area contributed by atoms with Crippen LogP contribution in [0, 0.1) is 5.82 Å². The van der Waals surface area contributed by atoms with E-state index in [0.29, 0.717) is 15.3 Å². The van der Waals surface area contributed by atoms with Crippen molar-refractivity contribution in [3.63, 3.8) is 0 Å². The van der Waals surface area contributed by atoms with Gasteiger partial charge in [0, 0.05) is 0 Å². The number of benzene rings is 1. The maximum atomic E-state index is 12.6. The molecule has 3 nitrogen and oxygen atoms in total. The third-order valence-electron chi connectivity index (χ3n) is 1.45. The van der Waals surface area contributed by atoms with Gasteiger partial charge in [0.1, 0.15) is 5.82 Å². The largest absolute Gasteiger partial charge is 0.289 e. The minimum Gasteiger partial charge on any atom is -0.289 e. The first-order chi connectivity index (χ1) is 5.79. The molecule has 1 aromatic carbocycles. The fourth-order valence-electron chi connectivity index (χ4n) is 0.946. The first-order valence-corrected chi connectivity index (χ1v) is 4.07. The summed E-state index contributed by atoms with van der Waals surface area (Å²) in [5.74, 6) is -0.296. The number of hydrogen-bond donors (Lipinski definition) is 2. The molecule has 0 unspecified atom stereocenters. The molecule has 0 saturated carbocycles. The highest BCUT2D eigenvalue weighted by atomic mass is 32.1. The number of rotatable bonds is 1. The van der Waals surface area contributed by atoms with Gasteiger partial charge in [-0.05, 0) is 18.2 Å². The predicted octanol–water partition coefficient (Wildman–Crippen LogP) is 2.24. The highest BCUT2D eigenvalue weighted by Crippen LogP contribution is 2.25. The Labute approximate surface area is 71.4 Å². The van der Waals surface area contributed by atoms with E-state index >= 15 is 0 Å². The molecule has 62 valence electrons. The topological polar surface area (TPSA) is 45.1 Å². The van der Waals surface area contributed by atoms with Gasteiger partial charge in [-0.25, -0.2) is 14.9 Å². The van der Waals surface area contributed by atoms with Crippen LogP contribution in [0.15, 0.2) is 18.2 Å². The number of halogens is 1. The second kappa shape index (κ2) is 2.69. The molecule has 0 aliphatic carbocycles. The van der Waals surface area contributed by atoms with Crippen molar-refractivity contribution < 1.29 is 9.60 Å². The van der Waals surface area contributed by atoms with E-state index in [4.69, 9.17) is 5.21 Å². The van der Waals surface area contributed by atoms with Gasteiger partial charge in [0.15, 0.2) is 0 Å². The molecule has 0 fully saturated rings. The second-order valence-electron chi connectivity index (χ2n) is 2.24. The Morgan fingerprint density at radius 2 is 2.33 bits per heavy atom. The highest BCUT2D eigenvalue weighted by molar-refractivity contribution is 7.22. The summed E-state index contributed by atoms with van der Waals surface area (Å²) in [5.41, 5.74) is 2.60. The van der Waals surface area contributed by atoms with E-state index in [-0.39, 0.29) is 5.82 Å². The van der Waals surface area contributed by atoms with Crippen LogP contribution in [-0.4, -0.2) is 10.2 Å². The van der Waals surface area contributed by atoms with Crippen molar-refractivity contribution in [3.05, 3.63) is 24.0 Å². The number of thiazole rings is 1. The summed E-state index contributed by atoms with van der Waals surface area (Å²) in [7, 11) is 0. The Kier molecular flexibility index (Phi) is 1.67. The molecule has 2 aromatic rings.